The maximum absolute atomic E-state index is 3.88. The number of hydrogen-bond acceptors (Lipinski definition) is 4. The number of benzene rings is 8. The second-order valence-electron chi connectivity index (χ2n) is 18.3. The Morgan fingerprint density at radius 1 is 0.171 bits per heavy atom. The zero-order chi connectivity index (χ0) is 50.6. The van der Waals surface area contributed by atoms with E-state index in [1.165, 1.54) is 22.3 Å². The molecule has 12 aromatic rings. The van der Waals surface area contributed by atoms with Gasteiger partial charge < -0.3 is 0 Å². The van der Waals surface area contributed by atoms with Gasteiger partial charge in [0.1, 0.15) is 0 Å². The molecule has 356 valence electrons. The first-order chi connectivity index (χ1) is 37.7. The van der Waals surface area contributed by atoms with Crippen LogP contribution >= 0.6 is 45.3 Å². The zero-order valence-corrected chi connectivity index (χ0v) is 44.3. The minimum atomic E-state index is 1.02. The van der Waals surface area contributed by atoms with E-state index >= 15 is 0 Å². The van der Waals surface area contributed by atoms with Gasteiger partial charge in [-0.1, -0.05) is 243 Å². The van der Waals surface area contributed by atoms with Crippen molar-refractivity contribution in [3.63, 3.8) is 0 Å². The second kappa shape index (κ2) is 21.2. The average molecular weight is 1040 g/mol. The number of rotatable bonds is 8. The van der Waals surface area contributed by atoms with Gasteiger partial charge in [-0.2, -0.15) is 0 Å². The number of fused-ring (bicyclic) bond motifs is 8. The molecule has 0 spiro atoms. The van der Waals surface area contributed by atoms with Gasteiger partial charge in [-0.25, -0.2) is 0 Å². The van der Waals surface area contributed by atoms with Crippen LogP contribution in [0.15, 0.2) is 243 Å². The molecule has 4 aromatic heterocycles. The molecule has 13 rings (SSSR count). The minimum absolute atomic E-state index is 1.02. The smallest absolute Gasteiger partial charge is 0.0863 e. The van der Waals surface area contributed by atoms with E-state index in [4.69, 9.17) is 0 Å². The first-order valence-corrected chi connectivity index (χ1v) is 28.5. The third kappa shape index (κ3) is 9.16. The summed E-state index contributed by atoms with van der Waals surface area (Å²) in [4.78, 5) is 8.62. The molecular formula is C72H44S4. The average Bonchev–Trinajstić information content (AvgIpc) is 4.27. The maximum atomic E-state index is 3.88. The monoisotopic (exact) mass is 1040 g/mol. The highest BCUT2D eigenvalue weighted by Gasteiger charge is 2.25. The number of thiophene rings is 4. The minimum Gasteiger partial charge on any atom is -0.126 e. The van der Waals surface area contributed by atoms with E-state index in [-0.39, 0.29) is 0 Å². The molecule has 0 aliphatic carbocycles. The number of hydrogen-bond donors (Lipinski definition) is 0. The highest BCUT2D eigenvalue weighted by Crippen LogP contribution is 2.50. The largest absolute Gasteiger partial charge is 0.126 e. The summed E-state index contributed by atoms with van der Waals surface area (Å²) in [7, 11) is 0. The third-order valence-electron chi connectivity index (χ3n) is 13.6. The SMILES string of the molecule is C1#Cc2sc(c(-c3ccccc3)c2-c2ccccc2)/C=C\c2sc(c(-c3ccccc3)c2-c2ccccc2)C#Cc2sc(c(-c3ccccc3)c2-c2ccccc2)/C=C\c2sc1c(-c1ccccc1)c2-c1ccccc1. The molecule has 5 heterocycles. The Kier molecular flexibility index (Phi) is 13.1. The molecule has 0 atom stereocenters. The molecule has 0 fully saturated rings. The summed E-state index contributed by atoms with van der Waals surface area (Å²) >= 11 is 7.05. The molecule has 76 heavy (non-hydrogen) atoms. The van der Waals surface area contributed by atoms with Gasteiger partial charge in [0.25, 0.3) is 0 Å². The Morgan fingerprint density at radius 3 is 0.474 bits per heavy atom. The predicted molar refractivity (Wildman–Crippen MR) is 331 cm³/mol. The van der Waals surface area contributed by atoms with Crippen LogP contribution in [0.1, 0.15) is 39.0 Å². The quantitative estimate of drug-likeness (QED) is 0.133. The summed E-state index contributed by atoms with van der Waals surface area (Å²) in [6.07, 6.45) is 9.31. The molecule has 0 saturated carbocycles. The molecular weight excluding hydrogens is 993 g/mol. The highest BCUT2D eigenvalue weighted by molar-refractivity contribution is 7.16. The molecule has 0 N–H and O–H groups in total. The van der Waals surface area contributed by atoms with Crippen molar-refractivity contribution in [2.24, 2.45) is 0 Å². The van der Waals surface area contributed by atoms with Crippen LogP contribution in [-0.2, 0) is 0 Å². The van der Waals surface area contributed by atoms with E-state index in [9.17, 15) is 0 Å². The van der Waals surface area contributed by atoms with E-state index in [2.05, 4.69) is 291 Å². The molecule has 1 aliphatic heterocycles. The first-order valence-electron chi connectivity index (χ1n) is 25.2. The zero-order valence-electron chi connectivity index (χ0n) is 41.0. The molecule has 0 radical (unpaired) electrons. The van der Waals surface area contributed by atoms with Crippen molar-refractivity contribution in [3.8, 4) is 113 Å². The van der Waals surface area contributed by atoms with Crippen molar-refractivity contribution in [2.75, 3.05) is 0 Å². The summed E-state index contributed by atoms with van der Waals surface area (Å²) in [5.74, 6) is 15.5. The van der Waals surface area contributed by atoms with Gasteiger partial charge in [-0.05, 0) is 92.5 Å². The van der Waals surface area contributed by atoms with Crippen molar-refractivity contribution >= 4 is 69.7 Å². The molecule has 4 heteroatoms. The lowest BCUT2D eigenvalue weighted by molar-refractivity contribution is 1.61. The molecule has 8 bridgehead atoms. The van der Waals surface area contributed by atoms with Crippen LogP contribution in [0.4, 0.5) is 0 Å². The van der Waals surface area contributed by atoms with Crippen LogP contribution in [0.3, 0.4) is 0 Å². The normalized spacial score (nSPS) is 12.4. The fourth-order valence-corrected chi connectivity index (χ4v) is 14.6. The van der Waals surface area contributed by atoms with Crippen LogP contribution in [0, 0.1) is 23.7 Å². The molecule has 0 unspecified atom stereocenters. The lowest BCUT2D eigenvalue weighted by Gasteiger charge is -2.09. The van der Waals surface area contributed by atoms with Gasteiger partial charge in [-0.15, -0.1) is 45.3 Å². The summed E-state index contributed by atoms with van der Waals surface area (Å²) in [6.45, 7) is 0. The van der Waals surface area contributed by atoms with E-state index in [1.807, 2.05) is 0 Å². The summed E-state index contributed by atoms with van der Waals surface area (Å²) in [5.41, 5.74) is 18.3. The Balaban J connectivity index is 1.16. The molecule has 8 aromatic carbocycles. The fraction of sp³-hybridized carbons (Fsp3) is 0. The Hall–Kier alpha value is -8.84. The van der Waals surface area contributed by atoms with Crippen LogP contribution in [0.25, 0.3) is 113 Å². The van der Waals surface area contributed by atoms with Gasteiger partial charge in [0.2, 0.25) is 0 Å². The van der Waals surface area contributed by atoms with Crippen LogP contribution in [0.5, 0.6) is 0 Å². The van der Waals surface area contributed by atoms with Gasteiger partial charge in [0.15, 0.2) is 0 Å². The van der Waals surface area contributed by atoms with Crippen molar-refractivity contribution in [1.29, 1.82) is 0 Å². The van der Waals surface area contributed by atoms with Crippen molar-refractivity contribution < 1.29 is 0 Å². The van der Waals surface area contributed by atoms with Crippen LogP contribution in [-0.4, -0.2) is 0 Å². The third-order valence-corrected chi connectivity index (χ3v) is 17.9. The van der Waals surface area contributed by atoms with Gasteiger partial charge >= 0.3 is 0 Å². The van der Waals surface area contributed by atoms with Crippen molar-refractivity contribution in [2.45, 2.75) is 0 Å². The highest BCUT2D eigenvalue weighted by atomic mass is 32.1. The standard InChI is InChI=1S/C72H44S4/c1-9-25-49(26-10-1)65-57-41-42-59-67(51-29-13-3-14-30-51)69(53-33-17-5-18-34-53)61(74-59)45-46-63-71(55-37-21-7-22-38-55)72(56-39-23-8-24-40-56)64(76-63)48-47-62-70(54-35-19-6-20-36-54)68(52-31-15-4-16-32-52)60(75-62)44-43-58(73-57)66(65)50-27-11-2-12-28-50/h1-42,47-48H/b42-41-,48-47-,57-41?,59-42?,62-47?,64-48?. The summed E-state index contributed by atoms with van der Waals surface area (Å²) in [6, 6.07) is 86.5. The van der Waals surface area contributed by atoms with E-state index in [0.717, 1.165) is 106 Å². The second-order valence-corrected chi connectivity index (χ2v) is 22.5. The van der Waals surface area contributed by atoms with Gasteiger partial charge in [0.05, 0.1) is 19.5 Å². The summed E-state index contributed by atoms with van der Waals surface area (Å²) < 4.78 is 0. The maximum Gasteiger partial charge on any atom is 0.0863 e. The van der Waals surface area contributed by atoms with E-state index < -0.39 is 0 Å². The van der Waals surface area contributed by atoms with Crippen LogP contribution < -0.4 is 0 Å². The lowest BCUT2D eigenvalue weighted by atomic mass is 9.93. The van der Waals surface area contributed by atoms with E-state index in [0.29, 0.717) is 0 Å². The fourth-order valence-electron chi connectivity index (χ4n) is 10.2. The van der Waals surface area contributed by atoms with E-state index in [1.54, 1.807) is 45.3 Å². The topological polar surface area (TPSA) is 0 Å². The molecule has 1 aliphatic rings. The summed E-state index contributed by atoms with van der Waals surface area (Å²) in [5, 5.41) is 0. The molecule has 0 nitrogen and oxygen atoms in total. The molecule has 0 amide bonds. The van der Waals surface area contributed by atoms with Gasteiger partial charge in [0, 0.05) is 64.0 Å². The van der Waals surface area contributed by atoms with Crippen LogP contribution in [0.2, 0.25) is 0 Å². The molecule has 0 saturated heterocycles. The van der Waals surface area contributed by atoms with Crippen molar-refractivity contribution in [3.05, 3.63) is 282 Å². The predicted octanol–water partition coefficient (Wildman–Crippen LogP) is 20.7. The van der Waals surface area contributed by atoms with Gasteiger partial charge in [-0.3, -0.25) is 0 Å². The van der Waals surface area contributed by atoms with Crippen molar-refractivity contribution in [1.82, 2.24) is 0 Å². The Bertz CT molecular complexity index is 3660. The Labute approximate surface area is 460 Å². The first kappa shape index (κ1) is 46.9. The Morgan fingerprint density at radius 2 is 0.316 bits per heavy atom. The lowest BCUT2D eigenvalue weighted by Crippen LogP contribution is -1.86.